The molecule has 0 atom stereocenters. The van der Waals surface area contributed by atoms with E-state index in [0.717, 1.165) is 66.3 Å². The van der Waals surface area contributed by atoms with E-state index in [-0.39, 0.29) is 11.8 Å². The molecule has 0 radical (unpaired) electrons. The number of halogens is 2. The molecule has 0 spiro atoms. The summed E-state index contributed by atoms with van der Waals surface area (Å²) in [5.41, 5.74) is 8.32. The molecular weight excluding hydrogens is 749 g/mol. The zero-order valence-electron chi connectivity index (χ0n) is 31.5. The Morgan fingerprint density at radius 2 is 1.11 bits per heavy atom. The highest BCUT2D eigenvalue weighted by Gasteiger charge is 2.25. The molecule has 55 heavy (non-hydrogen) atoms. The number of carbonyl (C=O) groups excluding carboxylic acids is 2. The van der Waals surface area contributed by atoms with Gasteiger partial charge in [0.15, 0.2) is 0 Å². The maximum absolute atomic E-state index is 11.1. The molecule has 0 saturated heterocycles. The van der Waals surface area contributed by atoms with Crippen LogP contribution in [0.15, 0.2) is 102 Å². The van der Waals surface area contributed by atoms with Crippen molar-refractivity contribution in [3.63, 3.8) is 0 Å². The highest BCUT2D eigenvalue weighted by molar-refractivity contribution is 7.80. The third kappa shape index (κ3) is 14.1. The molecule has 290 valence electrons. The fraction of sp³-hybridized carbons (Fsp3) is 0.364. The normalized spacial score (nSPS) is 19.6. The van der Waals surface area contributed by atoms with Crippen molar-refractivity contribution in [2.45, 2.75) is 89.9 Å². The molecular formula is C44H51Cl2N5O3S. The minimum Gasteiger partial charge on any atom is -0.350 e. The summed E-state index contributed by atoms with van der Waals surface area (Å²) < 4.78 is 0. The van der Waals surface area contributed by atoms with Crippen molar-refractivity contribution in [2.75, 3.05) is 16.0 Å². The molecule has 0 heterocycles. The van der Waals surface area contributed by atoms with Gasteiger partial charge >= 0.3 is 0 Å². The van der Waals surface area contributed by atoms with Gasteiger partial charge in [-0.15, -0.1) is 0 Å². The van der Waals surface area contributed by atoms with Gasteiger partial charge in [-0.1, -0.05) is 71.8 Å². The quantitative estimate of drug-likeness (QED) is 0.0472. The lowest BCUT2D eigenvalue weighted by atomic mass is 9.77. The van der Waals surface area contributed by atoms with Gasteiger partial charge in [0.2, 0.25) is 11.8 Å². The summed E-state index contributed by atoms with van der Waals surface area (Å²) in [6.07, 6.45) is 10.8. The second-order valence-corrected chi connectivity index (χ2v) is 16.0. The van der Waals surface area contributed by atoms with Crippen molar-refractivity contribution < 1.29 is 14.8 Å². The SMILES string of the molecule is CC(=O)Nc1ccc(C2CCC(CC(=Nc3cccc(Cl)c3)NO)CC2)cc1.CC(=O)Nc1ccc(C2CCC(CC(=S)Nc3cccc(Cl)c3)CC2)cc1. The van der Waals surface area contributed by atoms with Crippen LogP contribution in [0.3, 0.4) is 0 Å². The predicted octanol–water partition coefficient (Wildman–Crippen LogP) is 12.1. The van der Waals surface area contributed by atoms with E-state index in [1.54, 1.807) is 12.1 Å². The molecule has 6 rings (SSSR count). The number of amides is 2. The van der Waals surface area contributed by atoms with Crippen LogP contribution < -0.4 is 21.4 Å². The smallest absolute Gasteiger partial charge is 0.221 e. The minimum atomic E-state index is -0.0546. The number of benzene rings is 4. The van der Waals surface area contributed by atoms with E-state index in [2.05, 4.69) is 50.7 Å². The van der Waals surface area contributed by atoms with Crippen LogP contribution in [0, 0.1) is 11.8 Å². The number of anilines is 3. The van der Waals surface area contributed by atoms with E-state index < -0.39 is 0 Å². The Balaban J connectivity index is 0.000000211. The number of hydrogen-bond acceptors (Lipinski definition) is 5. The number of nitrogens with one attached hydrogen (secondary N) is 4. The van der Waals surface area contributed by atoms with Gasteiger partial charge in [-0.05, 0) is 147 Å². The summed E-state index contributed by atoms with van der Waals surface area (Å²) in [5, 5.41) is 19.7. The molecule has 0 unspecified atom stereocenters. The Hall–Kier alpha value is -4.28. The first kappa shape index (κ1) is 41.9. The highest BCUT2D eigenvalue weighted by Crippen LogP contribution is 2.39. The molecule has 4 aromatic rings. The lowest BCUT2D eigenvalue weighted by Gasteiger charge is -2.29. The van der Waals surface area contributed by atoms with Crippen LogP contribution in [0.4, 0.5) is 22.7 Å². The molecule has 8 nitrogen and oxygen atoms in total. The van der Waals surface area contributed by atoms with Crippen molar-refractivity contribution >= 4 is 80.8 Å². The summed E-state index contributed by atoms with van der Waals surface area (Å²) in [6.45, 7) is 3.04. The number of aliphatic imine (C=N–C) groups is 1. The Labute approximate surface area is 340 Å². The van der Waals surface area contributed by atoms with Gasteiger partial charge in [0, 0.05) is 53.8 Å². The summed E-state index contributed by atoms with van der Waals surface area (Å²) in [4.78, 5) is 27.6. The van der Waals surface area contributed by atoms with Crippen LogP contribution in [0.25, 0.3) is 0 Å². The van der Waals surface area contributed by atoms with E-state index in [0.29, 0.717) is 39.6 Å². The first-order valence-electron chi connectivity index (χ1n) is 19.1. The lowest BCUT2D eigenvalue weighted by molar-refractivity contribution is -0.115. The maximum Gasteiger partial charge on any atom is 0.221 e. The fourth-order valence-corrected chi connectivity index (χ4v) is 8.34. The van der Waals surface area contributed by atoms with Gasteiger partial charge in [-0.2, -0.15) is 0 Å². The van der Waals surface area contributed by atoms with Crippen LogP contribution >= 0.6 is 35.4 Å². The molecule has 11 heteroatoms. The van der Waals surface area contributed by atoms with Crippen LogP contribution in [-0.4, -0.2) is 27.8 Å². The molecule has 2 aliphatic carbocycles. The fourth-order valence-electron chi connectivity index (χ4n) is 7.62. The molecule has 0 aliphatic heterocycles. The monoisotopic (exact) mass is 799 g/mol. The van der Waals surface area contributed by atoms with Crippen LogP contribution in [0.5, 0.6) is 0 Å². The lowest BCUT2D eigenvalue weighted by Crippen LogP contribution is -2.24. The predicted molar refractivity (Wildman–Crippen MR) is 231 cm³/mol. The molecule has 2 saturated carbocycles. The van der Waals surface area contributed by atoms with Gasteiger partial charge in [0.1, 0.15) is 5.84 Å². The molecule has 0 aromatic heterocycles. The topological polar surface area (TPSA) is 115 Å². The first-order valence-corrected chi connectivity index (χ1v) is 20.2. The molecule has 2 fully saturated rings. The summed E-state index contributed by atoms with van der Waals surface area (Å²) in [7, 11) is 0. The van der Waals surface area contributed by atoms with E-state index in [4.69, 9.17) is 35.4 Å². The Morgan fingerprint density at radius 1 is 0.636 bits per heavy atom. The zero-order chi connectivity index (χ0) is 39.2. The van der Waals surface area contributed by atoms with Crippen molar-refractivity contribution in [1.29, 1.82) is 0 Å². The van der Waals surface area contributed by atoms with Gasteiger partial charge in [0.05, 0.1) is 10.7 Å². The standard InChI is InChI=1S/C22H26ClN3O2.C22H25ClN2OS/c1-15(27)24-20-11-9-18(10-12-20)17-7-5-16(6-8-17)13-22(26-28)25-21-4-2-3-19(23)14-21;1-15(26)24-20-11-9-18(10-12-20)17-7-5-16(6-8-17)13-22(27)25-21-4-2-3-19(23)14-21/h2-4,9-12,14,16-17,28H,5-8,13H2,1H3,(H,24,27)(H,25,26);2-4,9-12,14,16-17H,5-8,13H2,1H3,(H,24,26)(H,25,27). The Bertz CT molecular complexity index is 1910. The van der Waals surface area contributed by atoms with Crippen molar-refractivity contribution in [3.05, 3.63) is 118 Å². The van der Waals surface area contributed by atoms with Crippen molar-refractivity contribution in [2.24, 2.45) is 16.8 Å². The minimum absolute atomic E-state index is 0.0365. The zero-order valence-corrected chi connectivity index (χ0v) is 33.8. The van der Waals surface area contributed by atoms with Crippen molar-refractivity contribution in [1.82, 2.24) is 5.48 Å². The van der Waals surface area contributed by atoms with Gasteiger partial charge in [-0.3, -0.25) is 20.3 Å². The third-order valence-electron chi connectivity index (χ3n) is 10.4. The van der Waals surface area contributed by atoms with E-state index in [1.165, 1.54) is 50.7 Å². The van der Waals surface area contributed by atoms with Gasteiger partial charge in [-0.25, -0.2) is 4.99 Å². The van der Waals surface area contributed by atoms with Crippen molar-refractivity contribution in [3.8, 4) is 0 Å². The number of thiocarbonyl (C=S) groups is 1. The average Bonchev–Trinajstić information content (AvgIpc) is 3.16. The summed E-state index contributed by atoms with van der Waals surface area (Å²) in [5.74, 6) is 2.75. The average molecular weight is 801 g/mol. The van der Waals surface area contributed by atoms with Gasteiger partial charge < -0.3 is 16.0 Å². The number of carbonyl (C=O) groups is 2. The largest absolute Gasteiger partial charge is 0.350 e. The van der Waals surface area contributed by atoms with Gasteiger partial charge in [0.25, 0.3) is 0 Å². The molecule has 0 bridgehead atoms. The number of hydroxylamine groups is 1. The Kier molecular flexibility index (Phi) is 16.1. The summed E-state index contributed by atoms with van der Waals surface area (Å²) >= 11 is 17.6. The molecule has 4 aromatic carbocycles. The molecule has 2 amide bonds. The number of nitrogens with zero attached hydrogens (tertiary/aromatic N) is 1. The number of hydrogen-bond donors (Lipinski definition) is 5. The van der Waals surface area contributed by atoms with E-state index >= 15 is 0 Å². The maximum atomic E-state index is 11.1. The second kappa shape index (κ2) is 21.1. The third-order valence-corrected chi connectivity index (χ3v) is 11.1. The van der Waals surface area contributed by atoms with E-state index in [9.17, 15) is 14.8 Å². The van der Waals surface area contributed by atoms with Crippen LogP contribution in [0.1, 0.15) is 101 Å². The molecule has 2 aliphatic rings. The molecule has 5 N–H and O–H groups in total. The van der Waals surface area contributed by atoms with E-state index in [1.807, 2.05) is 60.7 Å². The summed E-state index contributed by atoms with van der Waals surface area (Å²) in [6, 6.07) is 31.4. The first-order chi connectivity index (χ1) is 26.5. The second-order valence-electron chi connectivity index (χ2n) is 14.7. The number of rotatable bonds is 10. The highest BCUT2D eigenvalue weighted by atomic mass is 35.5. The number of amidine groups is 1. The Morgan fingerprint density at radius 3 is 1.56 bits per heavy atom. The van der Waals surface area contributed by atoms with Crippen LogP contribution in [0.2, 0.25) is 10.0 Å². The van der Waals surface area contributed by atoms with Crippen LogP contribution in [-0.2, 0) is 9.59 Å².